The van der Waals surface area contributed by atoms with E-state index >= 15 is 0 Å². The molecular weight excluding hydrogens is 361 g/mol. The quantitative estimate of drug-likeness (QED) is 0.738. The normalized spacial score (nSPS) is 11.9. The van der Waals surface area contributed by atoms with Crippen LogP contribution in [0.2, 0.25) is 0 Å². The Morgan fingerprint density at radius 3 is 2.11 bits per heavy atom. The van der Waals surface area contributed by atoms with Crippen molar-refractivity contribution in [1.29, 1.82) is 0 Å². The van der Waals surface area contributed by atoms with Crippen LogP contribution in [0.15, 0.2) is 36.4 Å². The van der Waals surface area contributed by atoms with Gasteiger partial charge in [0, 0.05) is 11.0 Å². The number of carbonyl (C=O) groups is 2. The molecular formula is C19H19F3N2O3. The van der Waals surface area contributed by atoms with Crippen LogP contribution in [0, 0.1) is 5.41 Å². The minimum atomic E-state index is -4.47. The lowest BCUT2D eigenvalue weighted by molar-refractivity contribution is -0.115. The van der Waals surface area contributed by atoms with E-state index in [1.54, 1.807) is 20.8 Å². The van der Waals surface area contributed by atoms with Gasteiger partial charge < -0.3 is 10.4 Å². The molecule has 1 aromatic carbocycles. The first kappa shape index (κ1) is 20.4. The molecule has 0 saturated carbocycles. The molecule has 0 atom stereocenters. The van der Waals surface area contributed by atoms with Gasteiger partial charge in [-0.15, -0.1) is 0 Å². The highest BCUT2D eigenvalue weighted by molar-refractivity contribution is 6.04. The summed E-state index contributed by atoms with van der Waals surface area (Å²) in [6, 6.07) is 8.70. The highest BCUT2D eigenvalue weighted by atomic mass is 19.4. The van der Waals surface area contributed by atoms with E-state index in [1.165, 1.54) is 36.4 Å². The highest BCUT2D eigenvalue weighted by Crippen LogP contribution is 2.29. The summed E-state index contributed by atoms with van der Waals surface area (Å²) in [4.78, 5) is 27.7. The average Bonchev–Trinajstić information content (AvgIpc) is 2.57. The number of hydrogen-bond acceptors (Lipinski definition) is 4. The first-order valence-electron chi connectivity index (χ1n) is 8.09. The lowest BCUT2D eigenvalue weighted by Gasteiger charge is -2.20. The van der Waals surface area contributed by atoms with Crippen LogP contribution in [0.1, 0.15) is 41.5 Å². The number of carboxylic acid groups (broad SMARTS) is 1. The van der Waals surface area contributed by atoms with Crippen LogP contribution in [0.3, 0.4) is 0 Å². The fraction of sp³-hybridized carbons (Fsp3) is 0.316. The molecule has 0 unspecified atom stereocenters. The zero-order valence-corrected chi connectivity index (χ0v) is 15.0. The lowest BCUT2D eigenvalue weighted by Crippen LogP contribution is -2.26. The number of rotatable bonds is 5. The molecule has 0 amide bonds. The van der Waals surface area contributed by atoms with Gasteiger partial charge in [0.25, 0.3) is 0 Å². The summed E-state index contributed by atoms with van der Waals surface area (Å²) in [5, 5.41) is 11.1. The van der Waals surface area contributed by atoms with Crippen LogP contribution in [0.25, 0.3) is 11.3 Å². The number of aromatic nitrogens is 1. The molecule has 2 aromatic rings. The van der Waals surface area contributed by atoms with Crippen LogP contribution in [0.5, 0.6) is 0 Å². The van der Waals surface area contributed by atoms with Crippen LogP contribution < -0.4 is 5.32 Å². The number of benzene rings is 1. The van der Waals surface area contributed by atoms with E-state index in [0.29, 0.717) is 11.3 Å². The Morgan fingerprint density at radius 1 is 1.04 bits per heavy atom. The number of nitrogens with zero attached hydrogens (tertiary/aromatic N) is 1. The number of carbonyl (C=O) groups excluding carboxylic acids is 1. The maximum Gasteiger partial charge on any atom is 0.405 e. The summed E-state index contributed by atoms with van der Waals surface area (Å²) in [5.74, 6) is -1.59. The van der Waals surface area contributed by atoms with E-state index in [9.17, 15) is 22.8 Å². The van der Waals surface area contributed by atoms with Gasteiger partial charge in [-0.2, -0.15) is 13.2 Å². The Bertz CT molecular complexity index is 854. The predicted molar refractivity (Wildman–Crippen MR) is 95.0 cm³/mol. The molecule has 8 heteroatoms. The second kappa shape index (κ2) is 7.38. The Morgan fingerprint density at radius 2 is 1.63 bits per heavy atom. The Labute approximate surface area is 154 Å². The molecule has 2 rings (SSSR count). The molecule has 27 heavy (non-hydrogen) atoms. The number of nitrogens with one attached hydrogen (secondary N) is 1. The monoisotopic (exact) mass is 380 g/mol. The van der Waals surface area contributed by atoms with Gasteiger partial charge in [-0.25, -0.2) is 9.78 Å². The van der Waals surface area contributed by atoms with Gasteiger partial charge >= 0.3 is 12.1 Å². The van der Waals surface area contributed by atoms with E-state index in [1.807, 2.05) is 0 Å². The van der Waals surface area contributed by atoms with Crippen molar-refractivity contribution in [3.05, 3.63) is 47.5 Å². The Kier molecular flexibility index (Phi) is 5.58. The zero-order valence-electron chi connectivity index (χ0n) is 15.0. The Balaban J connectivity index is 2.46. The third-order valence-electron chi connectivity index (χ3n) is 3.70. The third-order valence-corrected chi connectivity index (χ3v) is 3.70. The minimum absolute atomic E-state index is 0.0673. The van der Waals surface area contributed by atoms with Crippen molar-refractivity contribution in [2.45, 2.75) is 26.9 Å². The number of pyridine rings is 1. The van der Waals surface area contributed by atoms with E-state index in [2.05, 4.69) is 10.3 Å². The van der Waals surface area contributed by atoms with E-state index in [0.717, 1.165) is 0 Å². The van der Waals surface area contributed by atoms with Crippen LogP contribution in [0.4, 0.5) is 19.0 Å². The van der Waals surface area contributed by atoms with E-state index in [4.69, 9.17) is 5.11 Å². The first-order chi connectivity index (χ1) is 12.4. The van der Waals surface area contributed by atoms with E-state index < -0.39 is 24.1 Å². The van der Waals surface area contributed by atoms with Gasteiger partial charge in [0.15, 0.2) is 5.78 Å². The number of alkyl halides is 3. The molecule has 0 aliphatic rings. The molecule has 0 aliphatic heterocycles. The molecule has 0 saturated heterocycles. The van der Waals surface area contributed by atoms with Gasteiger partial charge in [-0.05, 0) is 24.3 Å². The van der Waals surface area contributed by atoms with Crippen LogP contribution >= 0.6 is 0 Å². The number of aromatic carboxylic acids is 1. The maximum absolute atomic E-state index is 12.6. The standard InChI is InChI=1S/C19H19F3N2O3/c1-18(2,3)15(25)13-8-9-14(24-16(13)23-10-19(20,21)22)11-4-6-12(7-5-11)17(26)27/h4-9H,10H2,1-3H3,(H,23,24)(H,26,27). The number of hydrogen-bond donors (Lipinski definition) is 2. The predicted octanol–water partition coefficient (Wildman–Crippen LogP) is 4.65. The van der Waals surface area contributed by atoms with Crippen molar-refractivity contribution in [3.8, 4) is 11.3 Å². The lowest BCUT2D eigenvalue weighted by atomic mass is 9.86. The number of halogens is 3. The summed E-state index contributed by atoms with van der Waals surface area (Å²) in [6.45, 7) is 3.68. The van der Waals surface area contributed by atoms with Crippen molar-refractivity contribution in [2.24, 2.45) is 5.41 Å². The number of anilines is 1. The summed E-state index contributed by atoms with van der Waals surface area (Å²) in [6.07, 6.45) is -4.47. The molecule has 1 heterocycles. The maximum atomic E-state index is 12.6. The molecule has 0 aliphatic carbocycles. The number of carboxylic acids is 1. The largest absolute Gasteiger partial charge is 0.478 e. The topological polar surface area (TPSA) is 79.3 Å². The minimum Gasteiger partial charge on any atom is -0.478 e. The summed E-state index contributed by atoms with van der Waals surface area (Å²) >= 11 is 0. The summed E-state index contributed by atoms with van der Waals surface area (Å²) in [5.41, 5.74) is 0.194. The van der Waals surface area contributed by atoms with Crippen molar-refractivity contribution in [2.75, 3.05) is 11.9 Å². The van der Waals surface area contributed by atoms with E-state index in [-0.39, 0.29) is 22.7 Å². The molecule has 5 nitrogen and oxygen atoms in total. The van der Waals surface area contributed by atoms with Crippen molar-refractivity contribution < 1.29 is 27.9 Å². The van der Waals surface area contributed by atoms with Crippen LogP contribution in [-0.4, -0.2) is 34.6 Å². The molecule has 0 radical (unpaired) electrons. The van der Waals surface area contributed by atoms with Crippen molar-refractivity contribution >= 4 is 17.6 Å². The summed E-state index contributed by atoms with van der Waals surface area (Å²) in [7, 11) is 0. The first-order valence-corrected chi connectivity index (χ1v) is 8.09. The van der Waals surface area contributed by atoms with Crippen molar-refractivity contribution in [3.63, 3.8) is 0 Å². The third kappa shape index (κ3) is 5.29. The van der Waals surface area contributed by atoms with Crippen LogP contribution in [-0.2, 0) is 0 Å². The molecule has 2 N–H and O–H groups in total. The smallest absolute Gasteiger partial charge is 0.405 e. The van der Waals surface area contributed by atoms with Gasteiger partial charge in [0.1, 0.15) is 12.4 Å². The number of Topliss-reactive ketones (excluding diaryl/α,β-unsaturated/α-hetero) is 1. The zero-order chi connectivity index (χ0) is 20.4. The van der Waals surface area contributed by atoms with Gasteiger partial charge in [-0.1, -0.05) is 32.9 Å². The fourth-order valence-corrected chi connectivity index (χ4v) is 2.31. The van der Waals surface area contributed by atoms with Gasteiger partial charge in [0.05, 0.1) is 16.8 Å². The average molecular weight is 380 g/mol. The second-order valence-electron chi connectivity index (χ2n) is 7.02. The molecule has 1 aromatic heterocycles. The molecule has 0 fully saturated rings. The van der Waals surface area contributed by atoms with Gasteiger partial charge in [0.2, 0.25) is 0 Å². The second-order valence-corrected chi connectivity index (χ2v) is 7.02. The van der Waals surface area contributed by atoms with Gasteiger partial charge in [-0.3, -0.25) is 4.79 Å². The molecule has 0 bridgehead atoms. The number of ketones is 1. The summed E-state index contributed by atoms with van der Waals surface area (Å²) < 4.78 is 37.9. The Hall–Kier alpha value is -2.90. The molecule has 144 valence electrons. The SMILES string of the molecule is CC(C)(C)C(=O)c1ccc(-c2ccc(C(=O)O)cc2)nc1NCC(F)(F)F. The van der Waals surface area contributed by atoms with Crippen molar-refractivity contribution in [1.82, 2.24) is 4.98 Å². The highest BCUT2D eigenvalue weighted by Gasteiger charge is 2.30. The fourth-order valence-electron chi connectivity index (χ4n) is 2.31. The molecule has 0 spiro atoms.